The highest BCUT2D eigenvalue weighted by atomic mass is 35.5. The third-order valence-electron chi connectivity index (χ3n) is 5.57. The van der Waals surface area contributed by atoms with Crippen LogP contribution in [0.5, 0.6) is 11.5 Å². The zero-order valence-corrected chi connectivity index (χ0v) is 25.0. The van der Waals surface area contributed by atoms with E-state index in [1.165, 1.54) is 31.3 Å². The predicted octanol–water partition coefficient (Wildman–Crippen LogP) is 4.50. The Morgan fingerprint density at radius 3 is 2.16 bits per heavy atom. The molecule has 2 aromatic carbocycles. The number of carbonyl (C=O) groups excluding carboxylic acids is 2. The molecule has 0 aliphatic heterocycles. The second kappa shape index (κ2) is 12.9. The van der Waals surface area contributed by atoms with Crippen LogP contribution in [0, 0.1) is 0 Å². The van der Waals surface area contributed by atoms with Crippen molar-refractivity contribution < 1.29 is 27.5 Å². The number of anilines is 1. The summed E-state index contributed by atoms with van der Waals surface area (Å²) >= 11 is 12.4. The van der Waals surface area contributed by atoms with Crippen molar-refractivity contribution in [3.05, 3.63) is 52.0 Å². The fourth-order valence-corrected chi connectivity index (χ4v) is 5.11. The summed E-state index contributed by atoms with van der Waals surface area (Å²) in [6.45, 7) is 6.69. The number of carbonyl (C=O) groups is 2. The number of methoxy groups -OCH3 is 2. The predicted molar refractivity (Wildman–Crippen MR) is 151 cm³/mol. The number of amides is 2. The van der Waals surface area contributed by atoms with Crippen LogP contribution in [0.1, 0.15) is 39.7 Å². The van der Waals surface area contributed by atoms with Crippen LogP contribution in [-0.4, -0.2) is 63.7 Å². The summed E-state index contributed by atoms with van der Waals surface area (Å²) in [5, 5.41) is 3.65. The van der Waals surface area contributed by atoms with Crippen LogP contribution in [0.25, 0.3) is 0 Å². The van der Waals surface area contributed by atoms with Gasteiger partial charge in [0.05, 0.1) is 26.2 Å². The lowest BCUT2D eigenvalue weighted by Crippen LogP contribution is -2.55. The largest absolute Gasteiger partial charge is 0.493 e. The molecule has 0 saturated heterocycles. The first-order valence-corrected chi connectivity index (χ1v) is 14.5. The number of benzene rings is 2. The third-order valence-corrected chi connectivity index (χ3v) is 7.30. The van der Waals surface area contributed by atoms with Gasteiger partial charge in [0.25, 0.3) is 0 Å². The molecule has 0 aliphatic carbocycles. The normalized spacial score (nSPS) is 12.4. The van der Waals surface area contributed by atoms with E-state index in [0.29, 0.717) is 27.1 Å². The van der Waals surface area contributed by atoms with Gasteiger partial charge in [-0.1, -0.05) is 36.2 Å². The van der Waals surface area contributed by atoms with Gasteiger partial charge in [-0.05, 0) is 57.0 Å². The highest BCUT2D eigenvalue weighted by Gasteiger charge is 2.33. The molecule has 1 N–H and O–H groups in total. The molecule has 0 fully saturated rings. The van der Waals surface area contributed by atoms with Gasteiger partial charge in [-0.3, -0.25) is 13.9 Å². The Balaban J connectivity index is 2.54. The Kier molecular flexibility index (Phi) is 10.7. The van der Waals surface area contributed by atoms with Gasteiger partial charge < -0.3 is 19.7 Å². The summed E-state index contributed by atoms with van der Waals surface area (Å²) in [6.07, 6.45) is 1.29. The van der Waals surface area contributed by atoms with Crippen molar-refractivity contribution in [3.63, 3.8) is 0 Å². The highest BCUT2D eigenvalue weighted by Crippen LogP contribution is 2.32. The molecule has 2 amide bonds. The van der Waals surface area contributed by atoms with Crippen molar-refractivity contribution in [2.24, 2.45) is 0 Å². The van der Waals surface area contributed by atoms with Crippen LogP contribution < -0.4 is 19.1 Å². The average Bonchev–Trinajstić information content (AvgIpc) is 2.81. The summed E-state index contributed by atoms with van der Waals surface area (Å²) in [5.74, 6) is -0.255. The van der Waals surface area contributed by atoms with E-state index in [9.17, 15) is 18.0 Å². The number of sulfonamides is 1. The monoisotopic (exact) mass is 587 g/mol. The average molecular weight is 589 g/mol. The Labute approximate surface area is 235 Å². The van der Waals surface area contributed by atoms with Crippen LogP contribution >= 0.6 is 23.2 Å². The smallest absolute Gasteiger partial charge is 0.244 e. The SMILES string of the molecule is CC[C@H](C(=O)NC(C)(C)C)N(Cc1ccc(Cl)cc1Cl)C(=O)CN(c1ccc(OC)c(OC)c1)S(C)(=O)=O. The van der Waals surface area contributed by atoms with E-state index in [1.807, 2.05) is 20.8 Å². The minimum Gasteiger partial charge on any atom is -0.493 e. The van der Waals surface area contributed by atoms with Gasteiger partial charge in [0.15, 0.2) is 11.5 Å². The first-order chi connectivity index (χ1) is 17.6. The first-order valence-electron chi connectivity index (χ1n) is 11.9. The molecule has 0 heterocycles. The summed E-state index contributed by atoms with van der Waals surface area (Å²) in [7, 11) is -1.03. The van der Waals surface area contributed by atoms with E-state index in [1.54, 1.807) is 31.2 Å². The Morgan fingerprint density at radius 2 is 1.66 bits per heavy atom. The van der Waals surface area contributed by atoms with Gasteiger partial charge in [0.2, 0.25) is 21.8 Å². The number of nitrogens with one attached hydrogen (secondary N) is 1. The lowest BCUT2D eigenvalue weighted by molar-refractivity contribution is -0.141. The molecule has 0 spiro atoms. The van der Waals surface area contributed by atoms with Crippen molar-refractivity contribution in [3.8, 4) is 11.5 Å². The molecule has 12 heteroatoms. The molecule has 0 aliphatic rings. The van der Waals surface area contributed by atoms with Gasteiger partial charge in [-0.2, -0.15) is 0 Å². The summed E-state index contributed by atoms with van der Waals surface area (Å²) in [5.41, 5.74) is 0.217. The Hall–Kier alpha value is -2.69. The molecule has 0 saturated carbocycles. The van der Waals surface area contributed by atoms with Crippen molar-refractivity contribution in [1.29, 1.82) is 0 Å². The molecule has 0 radical (unpaired) electrons. The molecular weight excluding hydrogens is 553 g/mol. The standard InChI is InChI=1S/C26H35Cl2N3O6S/c1-8-21(25(33)29-26(2,3)4)30(15-17-9-10-18(27)13-20(17)28)24(32)16-31(38(7,34)35)19-11-12-22(36-5)23(14-19)37-6/h9-14,21H,8,15-16H2,1-7H3,(H,29,33)/t21-/m1/s1. The number of hydrogen-bond donors (Lipinski definition) is 1. The minimum absolute atomic E-state index is 0.0333. The van der Waals surface area contributed by atoms with E-state index in [-0.39, 0.29) is 24.6 Å². The van der Waals surface area contributed by atoms with Crippen molar-refractivity contribution >= 4 is 50.7 Å². The van der Waals surface area contributed by atoms with Crippen molar-refractivity contribution in [1.82, 2.24) is 10.2 Å². The number of nitrogens with zero attached hydrogens (tertiary/aromatic N) is 2. The minimum atomic E-state index is -3.91. The molecule has 210 valence electrons. The maximum atomic E-state index is 13.8. The lowest BCUT2D eigenvalue weighted by Gasteiger charge is -2.34. The molecule has 38 heavy (non-hydrogen) atoms. The molecule has 0 aromatic heterocycles. The van der Waals surface area contributed by atoms with Gasteiger partial charge in [-0.15, -0.1) is 0 Å². The van der Waals surface area contributed by atoms with Crippen LogP contribution in [-0.2, 0) is 26.2 Å². The van der Waals surface area contributed by atoms with Gasteiger partial charge >= 0.3 is 0 Å². The number of hydrogen-bond acceptors (Lipinski definition) is 6. The third kappa shape index (κ3) is 8.41. The van der Waals surface area contributed by atoms with E-state index in [4.69, 9.17) is 32.7 Å². The van der Waals surface area contributed by atoms with Crippen LogP contribution in [0.3, 0.4) is 0 Å². The number of halogens is 2. The van der Waals surface area contributed by atoms with E-state index >= 15 is 0 Å². The van der Waals surface area contributed by atoms with Gasteiger partial charge in [0.1, 0.15) is 12.6 Å². The summed E-state index contributed by atoms with van der Waals surface area (Å²) in [6, 6.07) is 8.49. The fraction of sp³-hybridized carbons (Fsp3) is 0.462. The molecule has 0 bridgehead atoms. The van der Waals surface area contributed by atoms with E-state index in [0.717, 1.165) is 10.6 Å². The van der Waals surface area contributed by atoms with Crippen LogP contribution in [0.2, 0.25) is 10.0 Å². The maximum Gasteiger partial charge on any atom is 0.244 e. The number of rotatable bonds is 11. The zero-order chi connectivity index (χ0) is 28.8. The molecule has 2 rings (SSSR count). The topological polar surface area (TPSA) is 105 Å². The van der Waals surface area contributed by atoms with Crippen LogP contribution in [0.15, 0.2) is 36.4 Å². The summed E-state index contributed by atoms with van der Waals surface area (Å²) < 4.78 is 37.2. The molecular formula is C26H35Cl2N3O6S. The van der Waals surface area contributed by atoms with E-state index < -0.39 is 34.1 Å². The quantitative estimate of drug-likeness (QED) is 0.415. The van der Waals surface area contributed by atoms with E-state index in [2.05, 4.69) is 5.32 Å². The molecule has 0 unspecified atom stereocenters. The number of ether oxygens (including phenoxy) is 2. The Morgan fingerprint density at radius 1 is 1.03 bits per heavy atom. The Bertz CT molecular complexity index is 1260. The van der Waals surface area contributed by atoms with Gasteiger partial charge in [-0.25, -0.2) is 8.42 Å². The molecule has 1 atom stereocenters. The van der Waals surface area contributed by atoms with Crippen molar-refractivity contribution in [2.45, 2.75) is 52.2 Å². The summed E-state index contributed by atoms with van der Waals surface area (Å²) in [4.78, 5) is 28.4. The highest BCUT2D eigenvalue weighted by molar-refractivity contribution is 7.92. The fourth-order valence-electron chi connectivity index (χ4n) is 3.80. The molecule has 9 nitrogen and oxygen atoms in total. The molecule has 2 aromatic rings. The lowest BCUT2D eigenvalue weighted by atomic mass is 10.1. The second-order valence-corrected chi connectivity index (χ2v) is 12.5. The van der Waals surface area contributed by atoms with Crippen molar-refractivity contribution in [2.75, 3.05) is 31.3 Å². The first kappa shape index (κ1) is 31.5. The van der Waals surface area contributed by atoms with Gasteiger partial charge in [0, 0.05) is 28.2 Å². The van der Waals surface area contributed by atoms with Crippen LogP contribution in [0.4, 0.5) is 5.69 Å². The maximum absolute atomic E-state index is 13.8. The second-order valence-electron chi connectivity index (χ2n) is 9.73. The zero-order valence-electron chi connectivity index (χ0n) is 22.7.